The molecule has 0 aromatic rings. The highest BCUT2D eigenvalue weighted by Gasteiger charge is 2.13. The topological polar surface area (TPSA) is 30.5 Å². The van der Waals surface area contributed by atoms with Crippen molar-refractivity contribution >= 4 is 22.6 Å². The molecule has 0 aliphatic heterocycles. The molecule has 98 valence electrons. The van der Waals surface area contributed by atoms with Crippen LogP contribution in [0.1, 0.15) is 13.3 Å². The van der Waals surface area contributed by atoms with Crippen LogP contribution in [0.2, 0.25) is 0 Å². The Labute approximate surface area is 116 Å². The fourth-order valence-electron chi connectivity index (χ4n) is 1.41. The first-order valence-electron chi connectivity index (χ1n) is 5.78. The zero-order valence-corrected chi connectivity index (χ0v) is 12.2. The van der Waals surface area contributed by atoms with Crippen molar-refractivity contribution in [1.82, 2.24) is 5.32 Å². The molecule has 0 saturated heterocycles. The number of rotatable bonds is 8. The van der Waals surface area contributed by atoms with Gasteiger partial charge in [0.1, 0.15) is 18.2 Å². The Morgan fingerprint density at radius 1 is 1.47 bits per heavy atom. The lowest BCUT2D eigenvalue weighted by molar-refractivity contribution is 0.182. The Hall–Kier alpha value is -0.140. The lowest BCUT2D eigenvalue weighted by Crippen LogP contribution is -2.23. The van der Waals surface area contributed by atoms with Gasteiger partial charge in [-0.05, 0) is 12.5 Å². The van der Waals surface area contributed by atoms with Gasteiger partial charge in [-0.1, -0.05) is 29.5 Å². The van der Waals surface area contributed by atoms with Crippen LogP contribution in [0, 0.1) is 5.92 Å². The van der Waals surface area contributed by atoms with Gasteiger partial charge in [-0.3, -0.25) is 0 Å². The van der Waals surface area contributed by atoms with E-state index in [9.17, 15) is 4.39 Å². The molecular weight excluding hydrogens is 336 g/mol. The minimum atomic E-state index is -0.0918. The van der Waals surface area contributed by atoms with Crippen LogP contribution in [0.3, 0.4) is 0 Å². The second kappa shape index (κ2) is 8.88. The molecule has 1 aliphatic carbocycles. The zero-order chi connectivity index (χ0) is 12.5. The van der Waals surface area contributed by atoms with Crippen LogP contribution in [0.15, 0.2) is 23.7 Å². The van der Waals surface area contributed by atoms with Crippen LogP contribution < -0.4 is 5.32 Å². The summed E-state index contributed by atoms with van der Waals surface area (Å²) in [6.07, 6.45) is 4.13. The molecule has 3 nitrogen and oxygen atoms in total. The van der Waals surface area contributed by atoms with Crippen LogP contribution >= 0.6 is 22.6 Å². The molecule has 1 rings (SSSR count). The van der Waals surface area contributed by atoms with Crippen molar-refractivity contribution < 1.29 is 13.9 Å². The van der Waals surface area contributed by atoms with Gasteiger partial charge in [-0.15, -0.1) is 0 Å². The van der Waals surface area contributed by atoms with E-state index in [2.05, 4.69) is 27.9 Å². The number of hydrogen-bond donors (Lipinski definition) is 1. The Bertz CT molecular complexity index is 282. The van der Waals surface area contributed by atoms with E-state index in [1.54, 1.807) is 0 Å². The Kier molecular flexibility index (Phi) is 7.79. The summed E-state index contributed by atoms with van der Waals surface area (Å²) in [5.41, 5.74) is 0. The van der Waals surface area contributed by atoms with Crippen LogP contribution in [0.25, 0.3) is 0 Å². The molecular formula is C12H19FINO2. The van der Waals surface area contributed by atoms with E-state index in [1.807, 2.05) is 13.0 Å². The summed E-state index contributed by atoms with van der Waals surface area (Å²) in [7, 11) is 0. The molecule has 0 aromatic carbocycles. The van der Waals surface area contributed by atoms with Crippen molar-refractivity contribution in [3.05, 3.63) is 23.7 Å². The molecule has 1 N–H and O–H groups in total. The third kappa shape index (κ3) is 6.38. The highest BCUT2D eigenvalue weighted by molar-refractivity contribution is 14.1. The highest BCUT2D eigenvalue weighted by atomic mass is 127. The van der Waals surface area contributed by atoms with Crippen LogP contribution in [-0.4, -0.2) is 30.9 Å². The molecule has 0 fully saturated rings. The van der Waals surface area contributed by atoms with Gasteiger partial charge in [-0.25, -0.2) is 4.39 Å². The van der Waals surface area contributed by atoms with E-state index in [1.165, 1.54) is 6.08 Å². The van der Waals surface area contributed by atoms with Gasteiger partial charge in [0.2, 0.25) is 0 Å². The van der Waals surface area contributed by atoms with Crippen LogP contribution in [0.5, 0.6) is 0 Å². The highest BCUT2D eigenvalue weighted by Crippen LogP contribution is 2.24. The third-order valence-corrected chi connectivity index (χ3v) is 2.91. The Balaban J connectivity index is 2.04. The van der Waals surface area contributed by atoms with E-state index >= 15 is 0 Å². The monoisotopic (exact) mass is 355 g/mol. The van der Waals surface area contributed by atoms with Crippen molar-refractivity contribution in [1.29, 1.82) is 0 Å². The van der Waals surface area contributed by atoms with Gasteiger partial charge >= 0.3 is 0 Å². The van der Waals surface area contributed by atoms with Gasteiger partial charge in [0.15, 0.2) is 0 Å². The SMILES string of the molecule is CC1CC=C(OCCNCCOCI)C=C1F. The van der Waals surface area contributed by atoms with Crippen molar-refractivity contribution in [3.8, 4) is 0 Å². The summed E-state index contributed by atoms with van der Waals surface area (Å²) in [5.74, 6) is 0.544. The number of allylic oxidation sites excluding steroid dienone is 3. The summed E-state index contributed by atoms with van der Waals surface area (Å²) in [4.78, 5) is 0. The van der Waals surface area contributed by atoms with E-state index in [4.69, 9.17) is 9.47 Å². The average Bonchev–Trinajstić information content (AvgIpc) is 2.32. The molecule has 0 spiro atoms. The molecule has 1 aliphatic rings. The Morgan fingerprint density at radius 2 is 2.24 bits per heavy atom. The summed E-state index contributed by atoms with van der Waals surface area (Å²) >= 11 is 2.16. The quantitative estimate of drug-likeness (QED) is 0.413. The number of nitrogens with one attached hydrogen (secondary N) is 1. The fourth-order valence-corrected chi connectivity index (χ4v) is 1.72. The third-order valence-electron chi connectivity index (χ3n) is 2.47. The van der Waals surface area contributed by atoms with Crippen LogP contribution in [-0.2, 0) is 9.47 Å². The molecule has 0 aromatic heterocycles. The predicted molar refractivity (Wildman–Crippen MR) is 74.7 cm³/mol. The summed E-state index contributed by atoms with van der Waals surface area (Å²) in [6, 6.07) is 0. The maximum atomic E-state index is 13.2. The minimum absolute atomic E-state index is 0.00843. The van der Waals surface area contributed by atoms with Crippen molar-refractivity contribution in [2.24, 2.45) is 5.92 Å². The maximum absolute atomic E-state index is 13.2. The second-order valence-corrected chi connectivity index (χ2v) is 4.51. The maximum Gasteiger partial charge on any atom is 0.117 e. The Morgan fingerprint density at radius 3 is 2.94 bits per heavy atom. The number of alkyl halides is 1. The van der Waals surface area contributed by atoms with E-state index in [0.717, 1.165) is 13.1 Å². The standard InChI is InChI=1S/C12H19FINO2/c1-10-2-3-11(8-12(10)13)17-7-5-15-4-6-16-9-14/h3,8,10,15H,2,4-7,9H2,1H3. The fraction of sp³-hybridized carbons (Fsp3) is 0.667. The van der Waals surface area contributed by atoms with Gasteiger partial charge in [0.05, 0.1) is 11.2 Å². The molecule has 0 radical (unpaired) electrons. The first-order valence-corrected chi connectivity index (χ1v) is 7.31. The molecule has 17 heavy (non-hydrogen) atoms. The first-order chi connectivity index (χ1) is 8.24. The van der Waals surface area contributed by atoms with Crippen LogP contribution in [0.4, 0.5) is 4.39 Å². The van der Waals surface area contributed by atoms with Gasteiger partial charge in [0, 0.05) is 25.1 Å². The number of ether oxygens (including phenoxy) is 2. The zero-order valence-electron chi connectivity index (χ0n) is 10.0. The summed E-state index contributed by atoms with van der Waals surface area (Å²) in [5, 5.41) is 3.18. The van der Waals surface area contributed by atoms with Crippen molar-refractivity contribution in [3.63, 3.8) is 0 Å². The largest absolute Gasteiger partial charge is 0.493 e. The van der Waals surface area contributed by atoms with E-state index in [-0.39, 0.29) is 11.7 Å². The normalized spacial score (nSPS) is 19.8. The van der Waals surface area contributed by atoms with Gasteiger partial charge in [-0.2, -0.15) is 0 Å². The van der Waals surface area contributed by atoms with E-state index in [0.29, 0.717) is 30.0 Å². The molecule has 0 saturated carbocycles. The van der Waals surface area contributed by atoms with E-state index < -0.39 is 0 Å². The molecule has 5 heteroatoms. The lowest BCUT2D eigenvalue weighted by Gasteiger charge is -2.15. The molecule has 0 heterocycles. The smallest absolute Gasteiger partial charge is 0.117 e. The number of hydrogen-bond acceptors (Lipinski definition) is 3. The molecule has 0 bridgehead atoms. The molecule has 0 amide bonds. The van der Waals surface area contributed by atoms with Gasteiger partial charge in [0.25, 0.3) is 0 Å². The van der Waals surface area contributed by atoms with Gasteiger partial charge < -0.3 is 14.8 Å². The second-order valence-electron chi connectivity index (χ2n) is 3.89. The average molecular weight is 355 g/mol. The predicted octanol–water partition coefficient (Wildman–Crippen LogP) is 2.78. The summed E-state index contributed by atoms with van der Waals surface area (Å²) in [6.45, 7) is 4.68. The molecule has 1 unspecified atom stereocenters. The lowest BCUT2D eigenvalue weighted by atomic mass is 10.0. The number of halogens is 2. The summed E-state index contributed by atoms with van der Waals surface area (Å²) < 4.78 is 24.6. The first kappa shape index (κ1) is 14.9. The van der Waals surface area contributed by atoms with Crippen molar-refractivity contribution in [2.45, 2.75) is 13.3 Å². The van der Waals surface area contributed by atoms with Crippen molar-refractivity contribution in [2.75, 3.05) is 30.9 Å². The molecule has 1 atom stereocenters. The minimum Gasteiger partial charge on any atom is -0.493 e.